The first-order valence-electron chi connectivity index (χ1n) is 9.37. The van der Waals surface area contributed by atoms with Crippen LogP contribution in [0.3, 0.4) is 0 Å². The first-order valence-corrected chi connectivity index (χ1v) is 9.37. The number of aryl methyl sites for hydroxylation is 1. The molecule has 150 valence electrons. The van der Waals surface area contributed by atoms with E-state index in [4.69, 9.17) is 0 Å². The van der Waals surface area contributed by atoms with Crippen molar-refractivity contribution >= 4 is 10.8 Å². The molecule has 4 rings (SSSR count). The molecule has 0 saturated heterocycles. The average Bonchev–Trinajstić information content (AvgIpc) is 2.73. The minimum absolute atomic E-state index is 0.164. The topological polar surface area (TPSA) is 0 Å². The van der Waals surface area contributed by atoms with Gasteiger partial charge in [-0.25, -0.2) is 17.6 Å². The lowest BCUT2D eigenvalue weighted by molar-refractivity contribution is 0.511. The van der Waals surface area contributed by atoms with Gasteiger partial charge in [-0.15, -0.1) is 0 Å². The molecule has 0 aromatic heterocycles. The number of rotatable bonds is 0. The summed E-state index contributed by atoms with van der Waals surface area (Å²) in [4.78, 5) is 0. The molecular weight excluding hydrogens is 400 g/mol. The minimum atomic E-state index is -0.939. The lowest BCUT2D eigenvalue weighted by atomic mass is 10.1. The van der Waals surface area contributed by atoms with E-state index in [1.54, 1.807) is 43.3 Å². The van der Waals surface area contributed by atoms with Gasteiger partial charge in [-0.05, 0) is 77.9 Å². The van der Waals surface area contributed by atoms with Crippen molar-refractivity contribution in [3.05, 3.63) is 118 Å². The van der Waals surface area contributed by atoms with Gasteiger partial charge in [0.2, 0.25) is 0 Å². The van der Waals surface area contributed by atoms with Crippen LogP contribution in [0.5, 0.6) is 0 Å². The highest BCUT2D eigenvalue weighted by atomic mass is 19.2. The Hall–Kier alpha value is -4.02. The molecule has 0 heterocycles. The van der Waals surface area contributed by atoms with Crippen molar-refractivity contribution in [3.8, 4) is 23.7 Å². The predicted octanol–water partition coefficient (Wildman–Crippen LogP) is 6.50. The number of benzene rings is 4. The highest BCUT2D eigenvalue weighted by Crippen LogP contribution is 2.20. The Morgan fingerprint density at radius 3 is 1.68 bits per heavy atom. The smallest absolute Gasteiger partial charge is 0.159 e. The van der Waals surface area contributed by atoms with E-state index in [1.807, 2.05) is 0 Å². The average molecular weight is 414 g/mol. The Morgan fingerprint density at radius 2 is 1.03 bits per heavy atom. The van der Waals surface area contributed by atoms with Crippen LogP contribution in [0, 0.1) is 53.9 Å². The number of hydrogen-bond acceptors (Lipinski definition) is 0. The summed E-state index contributed by atoms with van der Waals surface area (Å²) < 4.78 is 55.0. The maximum atomic E-state index is 14.4. The number of hydrogen-bond donors (Lipinski definition) is 0. The zero-order valence-electron chi connectivity index (χ0n) is 16.4. The molecule has 31 heavy (non-hydrogen) atoms. The highest BCUT2D eigenvalue weighted by Gasteiger charge is 2.05. The largest absolute Gasteiger partial charge is 0.206 e. The summed E-state index contributed by atoms with van der Waals surface area (Å²) in [5.74, 6) is 8.18. The first kappa shape index (κ1) is 20.3. The molecule has 0 aliphatic carbocycles. The summed E-state index contributed by atoms with van der Waals surface area (Å²) in [7, 11) is 0. The second-order valence-electron chi connectivity index (χ2n) is 7.01. The van der Waals surface area contributed by atoms with E-state index in [9.17, 15) is 17.6 Å². The fourth-order valence-electron chi connectivity index (χ4n) is 3.01. The lowest BCUT2D eigenvalue weighted by Crippen LogP contribution is -1.88. The van der Waals surface area contributed by atoms with Gasteiger partial charge >= 0.3 is 0 Å². The third-order valence-corrected chi connectivity index (χ3v) is 4.66. The van der Waals surface area contributed by atoms with Crippen molar-refractivity contribution in [1.29, 1.82) is 0 Å². The van der Waals surface area contributed by atoms with Crippen LogP contribution < -0.4 is 0 Å². The van der Waals surface area contributed by atoms with Gasteiger partial charge in [-0.1, -0.05) is 35.8 Å². The van der Waals surface area contributed by atoms with Crippen molar-refractivity contribution in [1.82, 2.24) is 0 Å². The van der Waals surface area contributed by atoms with E-state index >= 15 is 0 Å². The molecule has 4 aromatic carbocycles. The molecule has 0 spiro atoms. The molecule has 0 aliphatic heterocycles. The van der Waals surface area contributed by atoms with Crippen LogP contribution in [-0.4, -0.2) is 0 Å². The minimum Gasteiger partial charge on any atom is -0.206 e. The Bertz CT molecular complexity index is 1440. The molecule has 0 saturated carbocycles. The summed E-state index contributed by atoms with van der Waals surface area (Å²) in [6.45, 7) is 1.78. The summed E-state index contributed by atoms with van der Waals surface area (Å²) in [6.07, 6.45) is 0. The molecule has 0 nitrogen and oxygen atoms in total. The van der Waals surface area contributed by atoms with E-state index in [-0.39, 0.29) is 11.1 Å². The first-order chi connectivity index (χ1) is 14.9. The van der Waals surface area contributed by atoms with E-state index in [0.29, 0.717) is 21.9 Å². The molecular formula is C27H14F4. The SMILES string of the molecule is Cc1ccc(C#Cc2ccc(C#Cc3ccc4cc(F)c(F)cc4c3)c(F)c2)c(F)c1. The Kier molecular flexibility index (Phi) is 5.48. The van der Waals surface area contributed by atoms with E-state index < -0.39 is 23.3 Å². The molecule has 4 aromatic rings. The van der Waals surface area contributed by atoms with Gasteiger partial charge in [0.1, 0.15) is 11.6 Å². The maximum Gasteiger partial charge on any atom is 0.159 e. The Labute approximate surface area is 177 Å². The van der Waals surface area contributed by atoms with Crippen LogP contribution in [0.25, 0.3) is 10.8 Å². The van der Waals surface area contributed by atoms with Gasteiger partial charge < -0.3 is 0 Å². The Balaban J connectivity index is 1.59. The second-order valence-corrected chi connectivity index (χ2v) is 7.01. The fourth-order valence-corrected chi connectivity index (χ4v) is 3.01. The maximum absolute atomic E-state index is 14.4. The zero-order valence-corrected chi connectivity index (χ0v) is 16.4. The third kappa shape index (κ3) is 4.60. The lowest BCUT2D eigenvalue weighted by Gasteiger charge is -2.00. The van der Waals surface area contributed by atoms with E-state index in [1.165, 1.54) is 18.2 Å². The molecule has 0 unspecified atom stereocenters. The highest BCUT2D eigenvalue weighted by molar-refractivity contribution is 5.84. The van der Waals surface area contributed by atoms with Crippen molar-refractivity contribution in [2.24, 2.45) is 0 Å². The molecule has 0 N–H and O–H groups in total. The number of fused-ring (bicyclic) bond motifs is 1. The van der Waals surface area contributed by atoms with Gasteiger partial charge in [-0.2, -0.15) is 0 Å². The van der Waals surface area contributed by atoms with Crippen molar-refractivity contribution in [2.45, 2.75) is 6.92 Å². The van der Waals surface area contributed by atoms with Crippen LogP contribution in [0.4, 0.5) is 17.6 Å². The quantitative estimate of drug-likeness (QED) is 0.227. The molecule has 0 atom stereocenters. The molecule has 0 amide bonds. The van der Waals surface area contributed by atoms with Gasteiger partial charge in [-0.3, -0.25) is 0 Å². The van der Waals surface area contributed by atoms with E-state index in [0.717, 1.165) is 17.7 Å². The monoisotopic (exact) mass is 414 g/mol. The number of halogens is 4. The summed E-state index contributed by atoms with van der Waals surface area (Å²) in [5.41, 5.74) is 2.13. The van der Waals surface area contributed by atoms with Gasteiger partial charge in [0, 0.05) is 11.1 Å². The molecule has 0 radical (unpaired) electrons. The summed E-state index contributed by atoms with van der Waals surface area (Å²) >= 11 is 0. The van der Waals surface area contributed by atoms with Crippen LogP contribution in [0.2, 0.25) is 0 Å². The van der Waals surface area contributed by atoms with Gasteiger partial charge in [0.25, 0.3) is 0 Å². The predicted molar refractivity (Wildman–Crippen MR) is 113 cm³/mol. The summed E-state index contributed by atoms with van der Waals surface area (Å²) in [5, 5.41) is 1.05. The van der Waals surface area contributed by atoms with Gasteiger partial charge in [0.15, 0.2) is 11.6 Å². The van der Waals surface area contributed by atoms with Crippen molar-refractivity contribution < 1.29 is 17.6 Å². The van der Waals surface area contributed by atoms with E-state index in [2.05, 4.69) is 23.7 Å². The van der Waals surface area contributed by atoms with Crippen LogP contribution >= 0.6 is 0 Å². The van der Waals surface area contributed by atoms with Gasteiger partial charge in [0.05, 0.1) is 11.1 Å². The zero-order chi connectivity index (χ0) is 22.0. The second kappa shape index (κ2) is 8.38. The van der Waals surface area contributed by atoms with Crippen LogP contribution in [0.15, 0.2) is 66.7 Å². The summed E-state index contributed by atoms with van der Waals surface area (Å²) in [6, 6.07) is 16.2. The van der Waals surface area contributed by atoms with Crippen molar-refractivity contribution in [3.63, 3.8) is 0 Å². The molecule has 4 heteroatoms. The third-order valence-electron chi connectivity index (χ3n) is 4.66. The molecule has 0 aliphatic rings. The Morgan fingerprint density at radius 1 is 0.484 bits per heavy atom. The normalized spacial score (nSPS) is 10.2. The fraction of sp³-hybridized carbons (Fsp3) is 0.0370. The van der Waals surface area contributed by atoms with Crippen LogP contribution in [0.1, 0.15) is 27.8 Å². The van der Waals surface area contributed by atoms with Crippen LogP contribution in [-0.2, 0) is 0 Å². The standard InChI is InChI=1S/C27H14F4/c1-17-2-7-20(24(28)12-17)9-4-19-5-10-21(25(29)14-19)8-3-18-6-11-22-15-26(30)27(31)16-23(22)13-18/h2,5-7,10-16H,1H3. The molecule has 0 bridgehead atoms. The van der Waals surface area contributed by atoms with Crippen molar-refractivity contribution in [2.75, 3.05) is 0 Å². The molecule has 0 fully saturated rings.